The second-order valence-electron chi connectivity index (χ2n) is 5.83. The predicted molar refractivity (Wildman–Crippen MR) is 81.3 cm³/mol. The van der Waals surface area contributed by atoms with Crippen molar-refractivity contribution in [1.82, 2.24) is 0 Å². The predicted octanol–water partition coefficient (Wildman–Crippen LogP) is 2.49. The molecule has 0 fully saturated rings. The summed E-state index contributed by atoms with van der Waals surface area (Å²) >= 11 is 0. The minimum atomic E-state index is -0.447. The third-order valence-electron chi connectivity index (χ3n) is 2.82. The van der Waals surface area contributed by atoms with E-state index in [4.69, 9.17) is 11.5 Å². The Hall–Kier alpha value is -1.71. The zero-order valence-electron chi connectivity index (χ0n) is 12.3. The van der Waals surface area contributed by atoms with E-state index in [9.17, 15) is 4.79 Å². The quantitative estimate of drug-likeness (QED) is 0.774. The average molecular weight is 263 g/mol. The molecule has 0 aliphatic rings. The van der Waals surface area contributed by atoms with Crippen LogP contribution in [0.4, 0.5) is 11.4 Å². The summed E-state index contributed by atoms with van der Waals surface area (Å²) in [7, 11) is 0. The number of amides is 1. The molecule has 4 heteroatoms. The molecule has 0 aromatic heterocycles. The molecule has 0 spiro atoms. The number of rotatable bonds is 6. The second-order valence-corrected chi connectivity index (χ2v) is 5.83. The van der Waals surface area contributed by atoms with E-state index in [2.05, 4.69) is 32.6 Å². The minimum absolute atomic E-state index is 0.447. The third-order valence-corrected chi connectivity index (χ3v) is 2.82. The maximum atomic E-state index is 11.1. The van der Waals surface area contributed by atoms with Gasteiger partial charge in [-0.1, -0.05) is 27.7 Å². The Bertz CT molecular complexity index is 431. The summed E-state index contributed by atoms with van der Waals surface area (Å²) < 4.78 is 0. The number of nitrogens with zero attached hydrogens (tertiary/aromatic N) is 1. The molecule has 1 aromatic rings. The van der Waals surface area contributed by atoms with Crippen molar-refractivity contribution in [3.63, 3.8) is 0 Å². The van der Waals surface area contributed by atoms with Crippen molar-refractivity contribution in [1.29, 1.82) is 0 Å². The summed E-state index contributed by atoms with van der Waals surface area (Å²) in [6.45, 7) is 10.6. The number of primary amides is 1. The average Bonchev–Trinajstić information content (AvgIpc) is 2.26. The molecule has 4 nitrogen and oxygen atoms in total. The molecular formula is C15H25N3O. The number of nitrogens with two attached hydrogens (primary N) is 2. The maximum absolute atomic E-state index is 11.1. The fourth-order valence-corrected chi connectivity index (χ4v) is 2.15. The first kappa shape index (κ1) is 15.3. The zero-order chi connectivity index (χ0) is 14.6. The van der Waals surface area contributed by atoms with Gasteiger partial charge in [0.15, 0.2) is 0 Å². The zero-order valence-corrected chi connectivity index (χ0v) is 12.3. The van der Waals surface area contributed by atoms with Crippen molar-refractivity contribution in [3.05, 3.63) is 23.8 Å². The van der Waals surface area contributed by atoms with Crippen LogP contribution >= 0.6 is 0 Å². The third kappa shape index (κ3) is 4.47. The molecule has 0 aliphatic carbocycles. The van der Waals surface area contributed by atoms with Crippen LogP contribution in [0.15, 0.2) is 18.2 Å². The molecule has 19 heavy (non-hydrogen) atoms. The summed E-state index contributed by atoms with van der Waals surface area (Å²) in [5.74, 6) is 0.653. The molecule has 0 aliphatic heterocycles. The highest BCUT2D eigenvalue weighted by atomic mass is 16.1. The lowest BCUT2D eigenvalue weighted by Gasteiger charge is -2.29. The molecule has 0 saturated carbocycles. The van der Waals surface area contributed by atoms with Gasteiger partial charge in [-0.2, -0.15) is 0 Å². The smallest absolute Gasteiger partial charge is 0.248 e. The van der Waals surface area contributed by atoms with E-state index in [1.165, 1.54) is 0 Å². The normalized spacial score (nSPS) is 11.1. The van der Waals surface area contributed by atoms with E-state index >= 15 is 0 Å². The summed E-state index contributed by atoms with van der Waals surface area (Å²) in [4.78, 5) is 13.4. The molecule has 0 unspecified atom stereocenters. The van der Waals surface area contributed by atoms with Crippen molar-refractivity contribution in [3.8, 4) is 0 Å². The van der Waals surface area contributed by atoms with Gasteiger partial charge in [0.05, 0.1) is 11.4 Å². The van der Waals surface area contributed by atoms with Gasteiger partial charge in [-0.25, -0.2) is 0 Å². The van der Waals surface area contributed by atoms with E-state index in [0.717, 1.165) is 18.8 Å². The van der Waals surface area contributed by atoms with Gasteiger partial charge < -0.3 is 16.4 Å². The van der Waals surface area contributed by atoms with Crippen LogP contribution in [0.5, 0.6) is 0 Å². The van der Waals surface area contributed by atoms with Crippen molar-refractivity contribution < 1.29 is 4.79 Å². The van der Waals surface area contributed by atoms with Crippen LogP contribution in [-0.4, -0.2) is 19.0 Å². The van der Waals surface area contributed by atoms with Gasteiger partial charge in [0.2, 0.25) is 5.91 Å². The largest absolute Gasteiger partial charge is 0.397 e. The SMILES string of the molecule is CC(C)CN(CC(C)C)c1ccc(C(N)=O)cc1N. The van der Waals surface area contributed by atoms with Gasteiger partial charge in [0, 0.05) is 18.7 Å². The number of anilines is 2. The monoisotopic (exact) mass is 263 g/mol. The summed E-state index contributed by atoms with van der Waals surface area (Å²) in [6, 6.07) is 5.28. The highest BCUT2D eigenvalue weighted by Gasteiger charge is 2.14. The van der Waals surface area contributed by atoms with Crippen molar-refractivity contribution in [2.24, 2.45) is 17.6 Å². The molecule has 4 N–H and O–H groups in total. The van der Waals surface area contributed by atoms with Crippen molar-refractivity contribution in [2.45, 2.75) is 27.7 Å². The summed E-state index contributed by atoms with van der Waals surface area (Å²) in [5.41, 5.74) is 13.4. The standard InChI is InChI=1S/C15H25N3O/c1-10(2)8-18(9-11(3)4)14-6-5-12(15(17)19)7-13(14)16/h5-7,10-11H,8-9,16H2,1-4H3,(H2,17,19). The van der Waals surface area contributed by atoms with Gasteiger partial charge >= 0.3 is 0 Å². The van der Waals surface area contributed by atoms with Crippen LogP contribution in [0, 0.1) is 11.8 Å². The molecular weight excluding hydrogens is 238 g/mol. The Kier molecular flexibility index (Phi) is 5.21. The Morgan fingerprint density at radius 2 is 1.68 bits per heavy atom. The van der Waals surface area contributed by atoms with Crippen LogP contribution in [0.1, 0.15) is 38.1 Å². The number of nitrogen functional groups attached to an aromatic ring is 1. The Morgan fingerprint density at radius 1 is 1.16 bits per heavy atom. The molecule has 0 atom stereocenters. The Balaban J connectivity index is 3.04. The molecule has 1 amide bonds. The molecule has 0 bridgehead atoms. The Labute approximate surface area is 115 Å². The Morgan fingerprint density at radius 3 is 2.05 bits per heavy atom. The molecule has 1 rings (SSSR count). The summed E-state index contributed by atoms with van der Waals surface area (Å²) in [5, 5.41) is 0. The number of hydrogen-bond acceptors (Lipinski definition) is 3. The first-order chi connectivity index (χ1) is 8.81. The van der Waals surface area contributed by atoms with E-state index in [1.54, 1.807) is 12.1 Å². The highest BCUT2D eigenvalue weighted by Crippen LogP contribution is 2.26. The van der Waals surface area contributed by atoms with E-state index < -0.39 is 5.91 Å². The number of hydrogen-bond donors (Lipinski definition) is 2. The maximum Gasteiger partial charge on any atom is 0.248 e. The minimum Gasteiger partial charge on any atom is -0.397 e. The van der Waals surface area contributed by atoms with Crippen LogP contribution in [-0.2, 0) is 0 Å². The number of carbonyl (C=O) groups is 1. The number of carbonyl (C=O) groups excluding carboxylic acids is 1. The van der Waals surface area contributed by atoms with Gasteiger partial charge in [-0.05, 0) is 30.0 Å². The first-order valence-corrected chi connectivity index (χ1v) is 6.75. The lowest BCUT2D eigenvalue weighted by molar-refractivity contribution is 0.100. The first-order valence-electron chi connectivity index (χ1n) is 6.75. The lowest BCUT2D eigenvalue weighted by Crippen LogP contribution is -2.32. The molecule has 1 aromatic carbocycles. The van der Waals surface area contributed by atoms with E-state index in [-0.39, 0.29) is 0 Å². The topological polar surface area (TPSA) is 72.3 Å². The second kappa shape index (κ2) is 6.45. The van der Waals surface area contributed by atoms with Crippen LogP contribution in [0.3, 0.4) is 0 Å². The molecule has 0 saturated heterocycles. The van der Waals surface area contributed by atoms with Gasteiger partial charge in [0.1, 0.15) is 0 Å². The number of benzene rings is 1. The van der Waals surface area contributed by atoms with Gasteiger partial charge in [-0.3, -0.25) is 4.79 Å². The molecule has 106 valence electrons. The van der Waals surface area contributed by atoms with Crippen molar-refractivity contribution in [2.75, 3.05) is 23.7 Å². The van der Waals surface area contributed by atoms with Crippen LogP contribution in [0.2, 0.25) is 0 Å². The van der Waals surface area contributed by atoms with Crippen LogP contribution in [0.25, 0.3) is 0 Å². The lowest BCUT2D eigenvalue weighted by atomic mass is 10.1. The van der Waals surface area contributed by atoms with E-state index in [1.807, 2.05) is 6.07 Å². The molecule has 0 radical (unpaired) electrons. The van der Waals surface area contributed by atoms with Crippen LogP contribution < -0.4 is 16.4 Å². The van der Waals surface area contributed by atoms with Crippen molar-refractivity contribution >= 4 is 17.3 Å². The summed E-state index contributed by atoms with van der Waals surface area (Å²) in [6.07, 6.45) is 0. The fraction of sp³-hybridized carbons (Fsp3) is 0.533. The van der Waals surface area contributed by atoms with Gasteiger partial charge in [-0.15, -0.1) is 0 Å². The van der Waals surface area contributed by atoms with E-state index in [0.29, 0.717) is 23.1 Å². The highest BCUT2D eigenvalue weighted by molar-refractivity contribution is 5.94. The molecule has 0 heterocycles. The fourth-order valence-electron chi connectivity index (χ4n) is 2.15. The van der Waals surface area contributed by atoms with Gasteiger partial charge in [0.25, 0.3) is 0 Å².